The summed E-state index contributed by atoms with van der Waals surface area (Å²) in [5.41, 5.74) is 2.09. The van der Waals surface area contributed by atoms with E-state index in [-0.39, 0.29) is 0 Å². The van der Waals surface area contributed by atoms with Crippen molar-refractivity contribution in [2.24, 2.45) is 0 Å². The van der Waals surface area contributed by atoms with E-state index in [0.717, 1.165) is 67.5 Å². The number of piperidine rings is 1. The molecule has 0 saturated carbocycles. The van der Waals surface area contributed by atoms with Gasteiger partial charge in [-0.2, -0.15) is 0 Å². The number of aromatic nitrogens is 2. The summed E-state index contributed by atoms with van der Waals surface area (Å²) in [6.07, 6.45) is 3.73. The van der Waals surface area contributed by atoms with Crippen molar-refractivity contribution in [3.8, 4) is 11.4 Å². The summed E-state index contributed by atoms with van der Waals surface area (Å²) >= 11 is 0. The molecular weight excluding hydrogens is 360 g/mol. The summed E-state index contributed by atoms with van der Waals surface area (Å²) in [7, 11) is 0. The van der Waals surface area contributed by atoms with E-state index in [2.05, 4.69) is 58.3 Å². The Hall–Kier alpha value is -2.50. The van der Waals surface area contributed by atoms with Crippen LogP contribution >= 0.6 is 0 Å². The number of benzene rings is 2. The fourth-order valence-corrected chi connectivity index (χ4v) is 4.55. The van der Waals surface area contributed by atoms with Gasteiger partial charge in [0.15, 0.2) is 5.82 Å². The minimum atomic E-state index is 0.490. The van der Waals surface area contributed by atoms with E-state index in [1.165, 1.54) is 19.3 Å². The average Bonchev–Trinajstić information content (AvgIpc) is 2.80. The van der Waals surface area contributed by atoms with Crippen molar-refractivity contribution in [2.45, 2.75) is 25.3 Å². The normalized spacial score (nSPS) is 20.8. The number of hydrogen-bond donors (Lipinski definition) is 0. The van der Waals surface area contributed by atoms with Crippen molar-refractivity contribution >= 4 is 16.7 Å². The van der Waals surface area contributed by atoms with Gasteiger partial charge in [-0.05, 0) is 31.4 Å². The molecule has 2 aromatic carbocycles. The van der Waals surface area contributed by atoms with Gasteiger partial charge in [0.25, 0.3) is 0 Å². The molecule has 5 heteroatoms. The second kappa shape index (κ2) is 8.47. The number of ether oxygens (including phenoxy) is 1. The van der Waals surface area contributed by atoms with Crippen molar-refractivity contribution < 1.29 is 4.74 Å². The summed E-state index contributed by atoms with van der Waals surface area (Å²) < 4.78 is 5.55. The van der Waals surface area contributed by atoms with Crippen molar-refractivity contribution in [1.29, 1.82) is 0 Å². The van der Waals surface area contributed by atoms with Crippen LogP contribution in [-0.4, -0.2) is 60.3 Å². The van der Waals surface area contributed by atoms with Crippen LogP contribution in [0.3, 0.4) is 0 Å². The first-order chi connectivity index (χ1) is 14.4. The number of morpholine rings is 1. The Morgan fingerprint density at radius 2 is 1.66 bits per heavy atom. The Morgan fingerprint density at radius 3 is 2.52 bits per heavy atom. The van der Waals surface area contributed by atoms with E-state index >= 15 is 0 Å². The van der Waals surface area contributed by atoms with Gasteiger partial charge in [-0.1, -0.05) is 42.5 Å². The maximum absolute atomic E-state index is 5.55. The van der Waals surface area contributed by atoms with Gasteiger partial charge in [0.2, 0.25) is 0 Å². The third kappa shape index (κ3) is 3.98. The second-order valence-electron chi connectivity index (χ2n) is 8.01. The number of hydrogen-bond acceptors (Lipinski definition) is 5. The summed E-state index contributed by atoms with van der Waals surface area (Å²) in [6.45, 7) is 5.91. The van der Waals surface area contributed by atoms with Gasteiger partial charge in [-0.3, -0.25) is 4.90 Å². The summed E-state index contributed by atoms with van der Waals surface area (Å²) in [5.74, 6) is 1.91. The molecule has 29 heavy (non-hydrogen) atoms. The first-order valence-electron chi connectivity index (χ1n) is 10.8. The molecule has 0 aliphatic carbocycles. The molecule has 1 aromatic heterocycles. The van der Waals surface area contributed by atoms with Crippen LogP contribution in [0.15, 0.2) is 54.6 Å². The molecule has 2 saturated heterocycles. The maximum atomic E-state index is 5.55. The lowest BCUT2D eigenvalue weighted by Crippen LogP contribution is -2.49. The maximum Gasteiger partial charge on any atom is 0.162 e. The van der Waals surface area contributed by atoms with Gasteiger partial charge >= 0.3 is 0 Å². The molecule has 0 spiro atoms. The molecule has 0 N–H and O–H groups in total. The average molecular weight is 389 g/mol. The van der Waals surface area contributed by atoms with Crippen LogP contribution in [0, 0.1) is 0 Å². The fourth-order valence-electron chi connectivity index (χ4n) is 4.55. The predicted molar refractivity (Wildman–Crippen MR) is 117 cm³/mol. The molecule has 0 radical (unpaired) electrons. The second-order valence-corrected chi connectivity index (χ2v) is 8.01. The predicted octanol–water partition coefficient (Wildman–Crippen LogP) is 3.99. The summed E-state index contributed by atoms with van der Waals surface area (Å²) in [6, 6.07) is 19.2. The van der Waals surface area contributed by atoms with Crippen LogP contribution in [0.1, 0.15) is 19.3 Å². The quantitative estimate of drug-likeness (QED) is 0.676. The third-order valence-corrected chi connectivity index (χ3v) is 6.09. The lowest BCUT2D eigenvalue weighted by Gasteiger charge is -2.40. The molecule has 0 bridgehead atoms. The molecule has 2 aliphatic heterocycles. The van der Waals surface area contributed by atoms with Gasteiger partial charge in [0.05, 0.1) is 18.7 Å². The van der Waals surface area contributed by atoms with Crippen LogP contribution in [0.4, 0.5) is 5.82 Å². The van der Waals surface area contributed by atoms with Gasteiger partial charge in [0.1, 0.15) is 5.82 Å². The molecule has 2 fully saturated rings. The largest absolute Gasteiger partial charge is 0.379 e. The molecule has 3 aromatic rings. The van der Waals surface area contributed by atoms with E-state index in [0.29, 0.717) is 6.04 Å². The minimum absolute atomic E-state index is 0.490. The van der Waals surface area contributed by atoms with E-state index in [4.69, 9.17) is 14.7 Å². The highest BCUT2D eigenvalue weighted by atomic mass is 16.5. The lowest BCUT2D eigenvalue weighted by molar-refractivity contribution is 0.0338. The lowest BCUT2D eigenvalue weighted by atomic mass is 10.0. The van der Waals surface area contributed by atoms with Crippen LogP contribution in [0.2, 0.25) is 0 Å². The van der Waals surface area contributed by atoms with Crippen molar-refractivity contribution in [3.63, 3.8) is 0 Å². The molecule has 5 rings (SSSR count). The highest BCUT2D eigenvalue weighted by Crippen LogP contribution is 2.32. The molecule has 5 nitrogen and oxygen atoms in total. The van der Waals surface area contributed by atoms with E-state index in [1.54, 1.807) is 0 Å². The SMILES string of the molecule is c1ccc(-c2nc(N3CCCCC3CN3CCOCC3)c3ccccc3n2)cc1. The van der Waals surface area contributed by atoms with Crippen LogP contribution in [0.5, 0.6) is 0 Å². The smallest absolute Gasteiger partial charge is 0.162 e. The Balaban J connectivity index is 1.54. The Kier molecular flexibility index (Phi) is 5.41. The van der Waals surface area contributed by atoms with Gasteiger partial charge in [-0.15, -0.1) is 0 Å². The molecule has 150 valence electrons. The van der Waals surface area contributed by atoms with Gasteiger partial charge < -0.3 is 9.64 Å². The van der Waals surface area contributed by atoms with Crippen LogP contribution in [0.25, 0.3) is 22.3 Å². The number of rotatable bonds is 4. The Labute approximate surface area is 172 Å². The highest BCUT2D eigenvalue weighted by Gasteiger charge is 2.28. The molecule has 2 aliphatic rings. The molecule has 1 atom stereocenters. The zero-order valence-electron chi connectivity index (χ0n) is 16.8. The Morgan fingerprint density at radius 1 is 0.862 bits per heavy atom. The van der Waals surface area contributed by atoms with Crippen molar-refractivity contribution in [3.05, 3.63) is 54.6 Å². The van der Waals surface area contributed by atoms with E-state index < -0.39 is 0 Å². The zero-order valence-corrected chi connectivity index (χ0v) is 16.8. The van der Waals surface area contributed by atoms with Crippen LogP contribution < -0.4 is 4.90 Å². The third-order valence-electron chi connectivity index (χ3n) is 6.09. The summed E-state index contributed by atoms with van der Waals surface area (Å²) in [5, 5.41) is 1.15. The van der Waals surface area contributed by atoms with Gasteiger partial charge in [0, 0.05) is 43.2 Å². The zero-order chi connectivity index (χ0) is 19.5. The number of anilines is 1. The Bertz CT molecular complexity index is 956. The summed E-state index contributed by atoms with van der Waals surface area (Å²) in [4.78, 5) is 15.1. The first-order valence-corrected chi connectivity index (χ1v) is 10.8. The fraction of sp³-hybridized carbons (Fsp3) is 0.417. The molecule has 3 heterocycles. The number of para-hydroxylation sites is 1. The number of fused-ring (bicyclic) bond motifs is 1. The van der Waals surface area contributed by atoms with E-state index in [1.807, 2.05) is 6.07 Å². The van der Waals surface area contributed by atoms with Crippen molar-refractivity contribution in [2.75, 3.05) is 44.3 Å². The van der Waals surface area contributed by atoms with Crippen molar-refractivity contribution in [1.82, 2.24) is 14.9 Å². The standard InChI is InChI=1S/C24H28N4O/c1-2-8-19(9-3-1)23-25-22-12-5-4-11-21(22)24(26-23)28-13-7-6-10-20(28)18-27-14-16-29-17-15-27/h1-5,8-9,11-12,20H,6-7,10,13-18H2. The molecular formula is C24H28N4O. The topological polar surface area (TPSA) is 41.5 Å². The molecule has 1 unspecified atom stereocenters. The number of nitrogens with zero attached hydrogens (tertiary/aromatic N) is 4. The highest BCUT2D eigenvalue weighted by molar-refractivity contribution is 5.91. The minimum Gasteiger partial charge on any atom is -0.379 e. The first kappa shape index (κ1) is 18.5. The van der Waals surface area contributed by atoms with Gasteiger partial charge in [-0.25, -0.2) is 9.97 Å². The van der Waals surface area contributed by atoms with Crippen LogP contribution in [-0.2, 0) is 4.74 Å². The monoisotopic (exact) mass is 388 g/mol. The molecule has 0 amide bonds. The van der Waals surface area contributed by atoms with E-state index in [9.17, 15) is 0 Å².